The van der Waals surface area contributed by atoms with Gasteiger partial charge in [0.05, 0.1) is 12.0 Å². The van der Waals surface area contributed by atoms with Gasteiger partial charge in [-0.3, -0.25) is 4.79 Å². The summed E-state index contributed by atoms with van der Waals surface area (Å²) in [5.74, 6) is -1.83. The smallest absolute Gasteiger partial charge is 0.326 e. The number of aliphatic hydroxyl groups excluding tert-OH is 1. The highest BCUT2D eigenvalue weighted by molar-refractivity contribution is 5.86. The van der Waals surface area contributed by atoms with Gasteiger partial charge in [0.25, 0.3) is 0 Å². The van der Waals surface area contributed by atoms with Gasteiger partial charge in [0.1, 0.15) is 6.04 Å². The zero-order valence-electron chi connectivity index (χ0n) is 15.3. The Morgan fingerprint density at radius 3 is 2.54 bits per heavy atom. The Hall–Kier alpha value is -1.36. The molecule has 0 aromatic rings. The van der Waals surface area contributed by atoms with Crippen LogP contribution in [0.2, 0.25) is 0 Å². The van der Waals surface area contributed by atoms with Crippen molar-refractivity contribution < 1.29 is 19.8 Å². The van der Waals surface area contributed by atoms with Gasteiger partial charge in [-0.1, -0.05) is 45.6 Å². The zero-order valence-corrected chi connectivity index (χ0v) is 15.3. The zero-order chi connectivity index (χ0) is 18.1. The average Bonchev–Trinajstić information content (AvgIpc) is 3.05. The summed E-state index contributed by atoms with van der Waals surface area (Å²) in [4.78, 5) is 25.2. The summed E-state index contributed by atoms with van der Waals surface area (Å²) in [5, 5.41) is 19.6. The Kier molecular flexibility index (Phi) is 9.04. The molecular weight excluding hydrogens is 306 g/mol. The summed E-state index contributed by atoms with van der Waals surface area (Å²) in [6.45, 7) is 6.18. The summed E-state index contributed by atoms with van der Waals surface area (Å²) < 4.78 is 0. The third-order valence-electron chi connectivity index (χ3n) is 4.92. The molecule has 1 heterocycles. The topological polar surface area (TPSA) is 77.8 Å². The second-order valence-electron chi connectivity index (χ2n) is 6.91. The molecule has 5 nitrogen and oxygen atoms in total. The Morgan fingerprint density at radius 1 is 1.25 bits per heavy atom. The van der Waals surface area contributed by atoms with Crippen LogP contribution in [0, 0.1) is 5.92 Å². The van der Waals surface area contributed by atoms with E-state index in [2.05, 4.69) is 6.92 Å². The van der Waals surface area contributed by atoms with E-state index < -0.39 is 24.0 Å². The summed E-state index contributed by atoms with van der Waals surface area (Å²) in [6, 6.07) is -0.741. The van der Waals surface area contributed by atoms with Gasteiger partial charge in [0.2, 0.25) is 5.91 Å². The lowest BCUT2D eigenvalue weighted by Gasteiger charge is -2.27. The standard InChI is InChI=1S/C19H33NO4/c1-4-5-6-7-8-9-11-14(2)17(21)15(3)18(22)20-13-10-12-16(20)19(23)24/h11,15-17,21H,4-10,12-13H2,1-3H3,(H,23,24)/b14-11+/t15-,16-,17-/m1/s1. The van der Waals surface area contributed by atoms with E-state index >= 15 is 0 Å². The second-order valence-corrected chi connectivity index (χ2v) is 6.91. The van der Waals surface area contributed by atoms with Crippen molar-refractivity contribution in [2.75, 3.05) is 6.54 Å². The normalized spacial score (nSPS) is 20.9. The minimum Gasteiger partial charge on any atom is -0.480 e. The van der Waals surface area contributed by atoms with Crippen LogP contribution in [-0.4, -0.2) is 45.7 Å². The molecule has 0 radical (unpaired) electrons. The first-order valence-corrected chi connectivity index (χ1v) is 9.28. The molecule has 0 saturated carbocycles. The highest BCUT2D eigenvalue weighted by atomic mass is 16.4. The number of nitrogens with zero attached hydrogens (tertiary/aromatic N) is 1. The number of hydrogen-bond donors (Lipinski definition) is 2. The van der Waals surface area contributed by atoms with Gasteiger partial charge in [-0.15, -0.1) is 0 Å². The molecule has 138 valence electrons. The van der Waals surface area contributed by atoms with Crippen LogP contribution in [-0.2, 0) is 9.59 Å². The van der Waals surface area contributed by atoms with E-state index in [9.17, 15) is 19.8 Å². The number of hydrogen-bond acceptors (Lipinski definition) is 3. The number of carboxylic acid groups (broad SMARTS) is 1. The van der Waals surface area contributed by atoms with E-state index in [4.69, 9.17) is 0 Å². The summed E-state index contributed by atoms with van der Waals surface area (Å²) in [7, 11) is 0. The lowest BCUT2D eigenvalue weighted by atomic mass is 9.95. The number of likely N-dealkylation sites (tertiary alicyclic amines) is 1. The fraction of sp³-hybridized carbons (Fsp3) is 0.789. The van der Waals surface area contributed by atoms with Crippen molar-refractivity contribution in [3.63, 3.8) is 0 Å². The van der Waals surface area contributed by atoms with E-state index in [0.717, 1.165) is 18.4 Å². The number of rotatable bonds is 10. The highest BCUT2D eigenvalue weighted by Crippen LogP contribution is 2.23. The number of amides is 1. The summed E-state index contributed by atoms with van der Waals surface area (Å²) in [5.41, 5.74) is 0.803. The largest absolute Gasteiger partial charge is 0.480 e. The van der Waals surface area contributed by atoms with Crippen LogP contribution in [0.5, 0.6) is 0 Å². The highest BCUT2D eigenvalue weighted by Gasteiger charge is 2.37. The number of carboxylic acids is 1. The van der Waals surface area contributed by atoms with Crippen molar-refractivity contribution in [1.29, 1.82) is 0 Å². The van der Waals surface area contributed by atoms with Crippen molar-refractivity contribution in [1.82, 2.24) is 4.90 Å². The monoisotopic (exact) mass is 339 g/mol. The maximum atomic E-state index is 12.5. The molecule has 0 spiro atoms. The SMILES string of the molecule is CCCCCCC/C=C(\C)[C@@H](O)[C@@H](C)C(=O)N1CCC[C@@H]1C(=O)O. The number of carbonyl (C=O) groups excluding carboxylic acids is 1. The first-order valence-electron chi connectivity index (χ1n) is 9.28. The van der Waals surface area contributed by atoms with Gasteiger partial charge in [-0.05, 0) is 38.2 Å². The number of aliphatic carboxylic acids is 1. The summed E-state index contributed by atoms with van der Waals surface area (Å²) in [6.07, 6.45) is 9.30. The van der Waals surface area contributed by atoms with Crippen LogP contribution in [0.25, 0.3) is 0 Å². The molecule has 1 aliphatic rings. The maximum absolute atomic E-state index is 12.5. The van der Waals surface area contributed by atoms with Gasteiger partial charge in [0, 0.05) is 6.54 Å². The molecule has 0 aromatic heterocycles. The Bertz CT molecular complexity index is 447. The number of unbranched alkanes of at least 4 members (excludes halogenated alkanes) is 5. The van der Waals surface area contributed by atoms with E-state index in [1.165, 1.54) is 30.6 Å². The predicted octanol–water partition coefficient (Wildman–Crippen LogP) is 3.37. The van der Waals surface area contributed by atoms with Crippen molar-refractivity contribution in [2.45, 2.75) is 84.3 Å². The van der Waals surface area contributed by atoms with Crippen LogP contribution < -0.4 is 0 Å². The van der Waals surface area contributed by atoms with Crippen LogP contribution in [0.4, 0.5) is 0 Å². The quantitative estimate of drug-likeness (QED) is 0.472. The van der Waals surface area contributed by atoms with Gasteiger partial charge >= 0.3 is 5.97 Å². The number of aliphatic hydroxyl groups is 1. The van der Waals surface area contributed by atoms with Crippen molar-refractivity contribution in [2.24, 2.45) is 5.92 Å². The third-order valence-corrected chi connectivity index (χ3v) is 4.92. The molecule has 0 aromatic carbocycles. The first kappa shape index (κ1) is 20.7. The van der Waals surface area contributed by atoms with Crippen molar-refractivity contribution in [3.8, 4) is 0 Å². The van der Waals surface area contributed by atoms with Crippen LogP contribution in [0.1, 0.15) is 72.1 Å². The minimum absolute atomic E-state index is 0.261. The molecule has 1 aliphatic heterocycles. The Balaban J connectivity index is 2.51. The Labute approximate surface area is 145 Å². The van der Waals surface area contributed by atoms with Crippen LogP contribution in [0.3, 0.4) is 0 Å². The van der Waals surface area contributed by atoms with Gasteiger partial charge in [-0.2, -0.15) is 0 Å². The lowest BCUT2D eigenvalue weighted by Crippen LogP contribution is -2.45. The number of allylic oxidation sites excluding steroid dienone is 1. The van der Waals surface area contributed by atoms with Crippen molar-refractivity contribution in [3.05, 3.63) is 11.6 Å². The fourth-order valence-corrected chi connectivity index (χ4v) is 3.28. The molecular formula is C19H33NO4. The maximum Gasteiger partial charge on any atom is 0.326 e. The molecule has 1 saturated heterocycles. The third kappa shape index (κ3) is 5.93. The second kappa shape index (κ2) is 10.5. The van der Waals surface area contributed by atoms with E-state index in [-0.39, 0.29) is 5.91 Å². The molecule has 1 fully saturated rings. The summed E-state index contributed by atoms with van der Waals surface area (Å²) >= 11 is 0. The molecule has 1 rings (SSSR count). The first-order chi connectivity index (χ1) is 11.4. The average molecular weight is 339 g/mol. The minimum atomic E-state index is -0.957. The van der Waals surface area contributed by atoms with Gasteiger partial charge in [-0.25, -0.2) is 4.79 Å². The fourth-order valence-electron chi connectivity index (χ4n) is 3.28. The van der Waals surface area contributed by atoms with E-state index in [0.29, 0.717) is 19.4 Å². The molecule has 2 N–H and O–H groups in total. The van der Waals surface area contributed by atoms with Crippen molar-refractivity contribution >= 4 is 11.9 Å². The van der Waals surface area contributed by atoms with E-state index in [1.807, 2.05) is 13.0 Å². The molecule has 3 atom stereocenters. The molecule has 24 heavy (non-hydrogen) atoms. The van der Waals surface area contributed by atoms with Gasteiger partial charge < -0.3 is 15.1 Å². The molecule has 1 amide bonds. The Morgan fingerprint density at radius 2 is 1.92 bits per heavy atom. The lowest BCUT2D eigenvalue weighted by molar-refractivity contribution is -0.150. The molecule has 0 unspecified atom stereocenters. The van der Waals surface area contributed by atoms with Crippen LogP contribution >= 0.6 is 0 Å². The predicted molar refractivity (Wildman–Crippen MR) is 94.7 cm³/mol. The van der Waals surface area contributed by atoms with Gasteiger partial charge in [0.15, 0.2) is 0 Å². The molecule has 5 heteroatoms. The van der Waals surface area contributed by atoms with Crippen LogP contribution in [0.15, 0.2) is 11.6 Å². The molecule has 0 bridgehead atoms. The number of carbonyl (C=O) groups is 2. The van der Waals surface area contributed by atoms with E-state index in [1.54, 1.807) is 6.92 Å². The molecule has 0 aliphatic carbocycles.